The van der Waals surface area contributed by atoms with Gasteiger partial charge in [-0.05, 0) is 37.8 Å². The normalized spacial score (nSPS) is 17.6. The van der Waals surface area contributed by atoms with Gasteiger partial charge in [-0.2, -0.15) is 0 Å². The van der Waals surface area contributed by atoms with Crippen LogP contribution in [0.2, 0.25) is 0 Å². The summed E-state index contributed by atoms with van der Waals surface area (Å²) in [4.78, 5) is 4.32. The van der Waals surface area contributed by atoms with Gasteiger partial charge in [-0.25, -0.2) is 0 Å². The SMILES string of the molecule is CCCOP(=S)(NC=NC(C)CC)SC. The predicted molar refractivity (Wildman–Crippen MR) is 75.4 cm³/mol. The summed E-state index contributed by atoms with van der Waals surface area (Å²) in [5, 5.41) is 3.12. The van der Waals surface area contributed by atoms with Crippen molar-refractivity contribution in [2.45, 2.75) is 39.7 Å². The van der Waals surface area contributed by atoms with E-state index in [-0.39, 0.29) is 0 Å². The minimum absolute atomic E-state index is 0.342. The highest BCUT2D eigenvalue weighted by atomic mass is 32.9. The van der Waals surface area contributed by atoms with Gasteiger partial charge in [0.15, 0.2) is 0 Å². The van der Waals surface area contributed by atoms with Crippen LogP contribution in [0.25, 0.3) is 0 Å². The number of hydrogen-bond donors (Lipinski definition) is 1. The fourth-order valence-electron chi connectivity index (χ4n) is 0.691. The smallest absolute Gasteiger partial charge is 0.210 e. The minimum Gasteiger partial charge on any atom is -0.326 e. The maximum atomic E-state index is 5.63. The molecule has 0 aliphatic carbocycles. The van der Waals surface area contributed by atoms with E-state index in [1.807, 2.05) is 6.26 Å². The average molecular weight is 268 g/mol. The van der Waals surface area contributed by atoms with E-state index in [0.29, 0.717) is 12.6 Å². The van der Waals surface area contributed by atoms with Crippen molar-refractivity contribution in [3.63, 3.8) is 0 Å². The van der Waals surface area contributed by atoms with Crippen molar-refractivity contribution in [3.05, 3.63) is 0 Å². The Labute approximate surface area is 102 Å². The van der Waals surface area contributed by atoms with Gasteiger partial charge in [-0.1, -0.05) is 25.2 Å². The first-order chi connectivity index (χ1) is 7.08. The van der Waals surface area contributed by atoms with Gasteiger partial charge in [0.25, 0.3) is 0 Å². The van der Waals surface area contributed by atoms with Gasteiger partial charge >= 0.3 is 0 Å². The molecule has 2 atom stereocenters. The number of aliphatic imine (C=N–C) groups is 1. The summed E-state index contributed by atoms with van der Waals surface area (Å²) in [5.74, 6) is 0. The van der Waals surface area contributed by atoms with E-state index in [4.69, 9.17) is 16.3 Å². The zero-order chi connectivity index (χ0) is 11.7. The third-order valence-electron chi connectivity index (χ3n) is 1.84. The first kappa shape index (κ1) is 15.4. The average Bonchev–Trinajstić information content (AvgIpc) is 2.26. The molecule has 0 saturated heterocycles. The number of hydrogen-bond acceptors (Lipinski definition) is 4. The Bertz CT molecular complexity index is 236. The van der Waals surface area contributed by atoms with Gasteiger partial charge in [-0.15, -0.1) is 0 Å². The highest BCUT2D eigenvalue weighted by Crippen LogP contribution is 2.54. The molecule has 0 radical (unpaired) electrons. The van der Waals surface area contributed by atoms with Crippen molar-refractivity contribution in [1.82, 2.24) is 5.09 Å². The fraction of sp³-hybridized carbons (Fsp3) is 0.889. The summed E-state index contributed by atoms with van der Waals surface area (Å²) in [6.07, 6.45) is 5.71. The molecule has 0 aromatic carbocycles. The molecule has 0 bridgehead atoms. The lowest BCUT2D eigenvalue weighted by Crippen LogP contribution is -2.10. The molecule has 1 N–H and O–H groups in total. The van der Waals surface area contributed by atoms with Crippen LogP contribution in [0.5, 0.6) is 0 Å². The molecular formula is C9H21N2OPS2. The Balaban J connectivity index is 4.08. The molecule has 0 spiro atoms. The van der Waals surface area contributed by atoms with Crippen LogP contribution in [-0.2, 0) is 16.3 Å². The second kappa shape index (κ2) is 8.57. The molecule has 2 unspecified atom stereocenters. The number of nitrogens with one attached hydrogen (secondary N) is 1. The topological polar surface area (TPSA) is 33.6 Å². The molecule has 0 heterocycles. The van der Waals surface area contributed by atoms with E-state index >= 15 is 0 Å². The number of nitrogens with zero attached hydrogens (tertiary/aromatic N) is 1. The number of rotatable bonds is 8. The van der Waals surface area contributed by atoms with Crippen molar-refractivity contribution in [3.8, 4) is 0 Å². The van der Waals surface area contributed by atoms with Crippen LogP contribution < -0.4 is 5.09 Å². The largest absolute Gasteiger partial charge is 0.326 e. The molecule has 0 fully saturated rings. The molecule has 0 aromatic heterocycles. The van der Waals surface area contributed by atoms with Crippen molar-refractivity contribution >= 4 is 35.1 Å². The van der Waals surface area contributed by atoms with Crippen LogP contribution in [0.4, 0.5) is 0 Å². The van der Waals surface area contributed by atoms with Crippen molar-refractivity contribution in [2.24, 2.45) is 4.99 Å². The van der Waals surface area contributed by atoms with Crippen LogP contribution >= 0.6 is 17.0 Å². The monoisotopic (exact) mass is 268 g/mol. The standard InChI is InChI=1S/C9H21N2OPS2/c1-5-7-12-13(14,15-4)11-8-10-9(3)6-2/h8-9H,5-7H2,1-4H3,(H,10,11,14). The van der Waals surface area contributed by atoms with E-state index in [2.05, 4.69) is 30.9 Å². The fourth-order valence-corrected chi connectivity index (χ4v) is 2.97. The molecule has 15 heavy (non-hydrogen) atoms. The lowest BCUT2D eigenvalue weighted by atomic mass is 10.3. The van der Waals surface area contributed by atoms with Gasteiger partial charge in [0.05, 0.1) is 12.9 Å². The third kappa shape index (κ3) is 7.34. The van der Waals surface area contributed by atoms with Crippen LogP contribution in [0.1, 0.15) is 33.6 Å². The summed E-state index contributed by atoms with van der Waals surface area (Å²) in [6.45, 7) is 6.98. The van der Waals surface area contributed by atoms with Gasteiger partial charge in [0.1, 0.15) is 0 Å². The molecule has 0 saturated carbocycles. The summed E-state index contributed by atoms with van der Waals surface area (Å²) >= 11 is 6.98. The van der Waals surface area contributed by atoms with Crippen molar-refractivity contribution in [1.29, 1.82) is 0 Å². The Kier molecular flexibility index (Phi) is 8.81. The Hall–Kier alpha value is 0.430. The minimum atomic E-state index is -1.93. The zero-order valence-corrected chi connectivity index (χ0v) is 12.4. The zero-order valence-electron chi connectivity index (χ0n) is 9.90. The predicted octanol–water partition coefficient (Wildman–Crippen LogP) is 3.42. The Morgan fingerprint density at radius 3 is 2.73 bits per heavy atom. The second-order valence-corrected chi connectivity index (χ2v) is 9.93. The maximum Gasteiger partial charge on any atom is 0.210 e. The summed E-state index contributed by atoms with van der Waals surface area (Å²) < 4.78 is 5.63. The van der Waals surface area contributed by atoms with Crippen LogP contribution in [-0.4, -0.2) is 25.2 Å². The first-order valence-corrected chi connectivity index (χ1v) is 9.72. The van der Waals surface area contributed by atoms with Crippen LogP contribution in [0.3, 0.4) is 0 Å². The van der Waals surface area contributed by atoms with E-state index in [9.17, 15) is 0 Å². The highest BCUT2D eigenvalue weighted by Gasteiger charge is 2.13. The third-order valence-corrected chi connectivity index (χ3v) is 7.33. The second-order valence-electron chi connectivity index (χ2n) is 3.18. The summed E-state index contributed by atoms with van der Waals surface area (Å²) in [5.41, 5.74) is -1.93. The highest BCUT2D eigenvalue weighted by molar-refractivity contribution is 8.68. The lowest BCUT2D eigenvalue weighted by Gasteiger charge is -2.19. The van der Waals surface area contributed by atoms with Gasteiger partial charge in [-0.3, -0.25) is 4.99 Å². The molecule has 0 aliphatic rings. The van der Waals surface area contributed by atoms with Crippen LogP contribution in [0, 0.1) is 0 Å². The Morgan fingerprint density at radius 1 is 1.60 bits per heavy atom. The quantitative estimate of drug-likeness (QED) is 0.415. The molecule has 90 valence electrons. The van der Waals surface area contributed by atoms with E-state index in [0.717, 1.165) is 12.8 Å². The Morgan fingerprint density at radius 2 is 2.27 bits per heavy atom. The lowest BCUT2D eigenvalue weighted by molar-refractivity contribution is 0.356. The van der Waals surface area contributed by atoms with Crippen LogP contribution in [0.15, 0.2) is 4.99 Å². The molecular weight excluding hydrogens is 247 g/mol. The van der Waals surface area contributed by atoms with E-state index in [1.165, 1.54) is 0 Å². The first-order valence-electron chi connectivity index (χ1n) is 5.17. The maximum absolute atomic E-state index is 5.63. The molecule has 3 nitrogen and oxygen atoms in total. The molecule has 0 aliphatic heterocycles. The van der Waals surface area contributed by atoms with E-state index in [1.54, 1.807) is 17.7 Å². The summed E-state index contributed by atoms with van der Waals surface area (Å²) in [6, 6.07) is 0.342. The molecule has 6 heteroatoms. The van der Waals surface area contributed by atoms with Gasteiger partial charge in [0.2, 0.25) is 5.62 Å². The van der Waals surface area contributed by atoms with E-state index < -0.39 is 5.62 Å². The molecule has 0 amide bonds. The van der Waals surface area contributed by atoms with Gasteiger partial charge in [0, 0.05) is 6.04 Å². The molecule has 0 aromatic rings. The summed E-state index contributed by atoms with van der Waals surface area (Å²) in [7, 11) is 0. The van der Waals surface area contributed by atoms with Gasteiger partial charge < -0.3 is 9.61 Å². The van der Waals surface area contributed by atoms with Crippen molar-refractivity contribution < 1.29 is 4.52 Å². The van der Waals surface area contributed by atoms with Crippen molar-refractivity contribution in [2.75, 3.05) is 12.9 Å². The molecule has 0 rings (SSSR count).